The summed E-state index contributed by atoms with van der Waals surface area (Å²) in [6.45, 7) is 3.29. The van der Waals surface area contributed by atoms with Crippen LogP contribution in [0.3, 0.4) is 0 Å². The van der Waals surface area contributed by atoms with Gasteiger partial charge in [0.2, 0.25) is 11.8 Å². The third-order valence-corrected chi connectivity index (χ3v) is 7.98. The highest BCUT2D eigenvalue weighted by Gasteiger charge is 2.38. The molecule has 0 saturated carbocycles. The van der Waals surface area contributed by atoms with Crippen LogP contribution in [0.4, 0.5) is 11.4 Å². The molecule has 0 fully saturated rings. The minimum atomic E-state index is -3.73. The Hall–Kier alpha value is -4.43. The van der Waals surface area contributed by atoms with Crippen molar-refractivity contribution in [3.63, 3.8) is 0 Å². The molecule has 1 N–H and O–H groups in total. The first-order chi connectivity index (χ1) is 19.5. The Morgan fingerprint density at radius 3 is 2.54 bits per heavy atom. The maximum absolute atomic E-state index is 14.3. The number of amides is 3. The zero-order valence-corrected chi connectivity index (χ0v) is 24.2. The van der Waals surface area contributed by atoms with E-state index in [0.717, 1.165) is 17.0 Å². The molecule has 10 nitrogen and oxygen atoms in total. The Morgan fingerprint density at radius 2 is 1.88 bits per heavy atom. The highest BCUT2D eigenvalue weighted by atomic mass is 32.2. The van der Waals surface area contributed by atoms with E-state index < -0.39 is 39.4 Å². The quantitative estimate of drug-likeness (QED) is 0.435. The lowest BCUT2D eigenvalue weighted by molar-refractivity contribution is -0.129. The Bertz CT molecular complexity index is 1660. The van der Waals surface area contributed by atoms with Crippen LogP contribution in [0.1, 0.15) is 31.4 Å². The third kappa shape index (κ3) is 6.33. The van der Waals surface area contributed by atoms with E-state index in [2.05, 4.69) is 5.32 Å². The summed E-state index contributed by atoms with van der Waals surface area (Å²) in [5.41, 5.74) is 1.42. The molecule has 214 valence electrons. The summed E-state index contributed by atoms with van der Waals surface area (Å²) in [5.74, 6) is -2.29. The van der Waals surface area contributed by atoms with Crippen LogP contribution in [0.2, 0.25) is 0 Å². The molecule has 0 aromatic heterocycles. The summed E-state index contributed by atoms with van der Waals surface area (Å²) in [4.78, 5) is 43.3. The van der Waals surface area contributed by atoms with Crippen molar-refractivity contribution in [2.45, 2.75) is 32.9 Å². The van der Waals surface area contributed by atoms with Crippen LogP contribution in [0.5, 0.6) is 5.75 Å². The Labute approximate surface area is 239 Å². The number of hydrogen-bond donors (Lipinski definition) is 1. The zero-order valence-electron chi connectivity index (χ0n) is 23.4. The number of carbonyl (C=O) groups is 3. The van der Waals surface area contributed by atoms with Gasteiger partial charge < -0.3 is 19.9 Å². The standard InChI is InChI=1S/C30H32N4O6S/c1-5-19(2)29(36)32-24-17-33(28(35)18-41(4,38)39)26-14-20(15-31)10-12-25(26)34(30(24)37)16-23-22-9-7-6-8-21(22)11-13-27(23)40-3/h6-14,19,24H,5,16-18H2,1-4H3,(H,32,36)/t19-,24+/m1/s1. The molecular formula is C30H32N4O6S. The highest BCUT2D eigenvalue weighted by Crippen LogP contribution is 2.38. The average Bonchev–Trinajstić information content (AvgIpc) is 3.06. The second-order valence-corrected chi connectivity index (χ2v) is 12.3. The number of hydrogen-bond acceptors (Lipinski definition) is 7. The number of benzene rings is 3. The predicted molar refractivity (Wildman–Crippen MR) is 156 cm³/mol. The molecule has 0 saturated heterocycles. The van der Waals surface area contributed by atoms with Gasteiger partial charge in [-0.25, -0.2) is 8.42 Å². The number of carbonyl (C=O) groups excluding carboxylic acids is 3. The lowest BCUT2D eigenvalue weighted by atomic mass is 10.0. The number of fused-ring (bicyclic) bond motifs is 2. The van der Waals surface area contributed by atoms with Crippen LogP contribution >= 0.6 is 0 Å². The monoisotopic (exact) mass is 576 g/mol. The summed E-state index contributed by atoms with van der Waals surface area (Å²) in [7, 11) is -2.19. The smallest absolute Gasteiger partial charge is 0.251 e. The first-order valence-electron chi connectivity index (χ1n) is 13.2. The molecule has 41 heavy (non-hydrogen) atoms. The summed E-state index contributed by atoms with van der Waals surface area (Å²) in [5, 5.41) is 14.2. The number of ether oxygens (including phenoxy) is 1. The van der Waals surface area contributed by atoms with Gasteiger partial charge in [-0.05, 0) is 41.5 Å². The van der Waals surface area contributed by atoms with Gasteiger partial charge in [0.25, 0.3) is 5.91 Å². The van der Waals surface area contributed by atoms with Crippen LogP contribution in [0.15, 0.2) is 54.6 Å². The van der Waals surface area contributed by atoms with E-state index in [1.807, 2.05) is 49.4 Å². The van der Waals surface area contributed by atoms with Crippen molar-refractivity contribution in [3.05, 3.63) is 65.7 Å². The molecule has 0 unspecified atom stereocenters. The molecule has 4 rings (SSSR count). The summed E-state index contributed by atoms with van der Waals surface area (Å²) < 4.78 is 29.8. The van der Waals surface area contributed by atoms with Gasteiger partial charge in [0.05, 0.1) is 43.2 Å². The summed E-state index contributed by atoms with van der Waals surface area (Å²) >= 11 is 0. The van der Waals surface area contributed by atoms with Crippen LogP contribution in [0, 0.1) is 17.2 Å². The molecule has 3 aromatic carbocycles. The average molecular weight is 577 g/mol. The fraction of sp³-hybridized carbons (Fsp3) is 0.333. The predicted octanol–water partition coefficient (Wildman–Crippen LogP) is 3.18. The van der Waals surface area contributed by atoms with Gasteiger partial charge in [-0.1, -0.05) is 44.2 Å². The highest BCUT2D eigenvalue weighted by molar-refractivity contribution is 7.91. The number of methoxy groups -OCH3 is 1. The lowest BCUT2D eigenvalue weighted by Crippen LogP contribution is -2.54. The van der Waals surface area contributed by atoms with E-state index >= 15 is 0 Å². The van der Waals surface area contributed by atoms with E-state index in [1.165, 1.54) is 29.0 Å². The van der Waals surface area contributed by atoms with Gasteiger partial charge in [0.1, 0.15) is 17.5 Å². The second kappa shape index (κ2) is 12.0. The van der Waals surface area contributed by atoms with Crippen molar-refractivity contribution >= 4 is 49.7 Å². The lowest BCUT2D eigenvalue weighted by Gasteiger charge is -2.27. The van der Waals surface area contributed by atoms with Gasteiger partial charge in [-0.3, -0.25) is 14.4 Å². The molecule has 1 aliphatic rings. The van der Waals surface area contributed by atoms with Crippen LogP contribution in [0.25, 0.3) is 10.8 Å². The Balaban J connectivity index is 1.92. The van der Waals surface area contributed by atoms with E-state index in [0.29, 0.717) is 23.4 Å². The largest absolute Gasteiger partial charge is 0.496 e. The van der Waals surface area contributed by atoms with Crippen molar-refractivity contribution < 1.29 is 27.5 Å². The van der Waals surface area contributed by atoms with E-state index in [4.69, 9.17) is 4.74 Å². The number of anilines is 2. The van der Waals surface area contributed by atoms with Crippen molar-refractivity contribution in [2.24, 2.45) is 5.92 Å². The third-order valence-electron chi connectivity index (χ3n) is 7.21. The molecule has 2 atom stereocenters. The normalized spacial score (nSPS) is 16.0. The molecular weight excluding hydrogens is 544 g/mol. The molecule has 3 aromatic rings. The van der Waals surface area contributed by atoms with Gasteiger partial charge in [-0.15, -0.1) is 0 Å². The van der Waals surface area contributed by atoms with Crippen LogP contribution in [-0.4, -0.2) is 57.8 Å². The van der Waals surface area contributed by atoms with E-state index in [-0.39, 0.29) is 30.2 Å². The molecule has 3 amide bonds. The first kappa shape index (κ1) is 29.6. The molecule has 11 heteroatoms. The maximum Gasteiger partial charge on any atom is 0.251 e. The number of nitrogens with zero attached hydrogens (tertiary/aromatic N) is 3. The van der Waals surface area contributed by atoms with Crippen molar-refractivity contribution in [1.82, 2.24) is 5.32 Å². The Morgan fingerprint density at radius 1 is 1.15 bits per heavy atom. The van der Waals surface area contributed by atoms with E-state index in [9.17, 15) is 28.1 Å². The van der Waals surface area contributed by atoms with Crippen LogP contribution < -0.4 is 19.9 Å². The van der Waals surface area contributed by atoms with Crippen molar-refractivity contribution in [1.29, 1.82) is 5.26 Å². The fourth-order valence-electron chi connectivity index (χ4n) is 4.84. The number of nitrogens with one attached hydrogen (secondary N) is 1. The number of rotatable bonds is 8. The topological polar surface area (TPSA) is 137 Å². The minimum Gasteiger partial charge on any atom is -0.496 e. The molecule has 1 heterocycles. The SMILES string of the molecule is CC[C@@H](C)C(=O)N[C@H]1CN(C(=O)CS(C)(=O)=O)c2cc(C#N)ccc2N(Cc2c(OC)ccc3ccccc23)C1=O. The fourth-order valence-corrected chi connectivity index (χ4v) is 5.44. The second-order valence-electron chi connectivity index (χ2n) is 10.2. The molecule has 1 aliphatic heterocycles. The van der Waals surface area contributed by atoms with Gasteiger partial charge >= 0.3 is 0 Å². The van der Waals surface area contributed by atoms with Gasteiger partial charge in [-0.2, -0.15) is 5.26 Å². The molecule has 0 aliphatic carbocycles. The molecule has 0 spiro atoms. The van der Waals surface area contributed by atoms with Crippen molar-refractivity contribution in [2.75, 3.05) is 35.5 Å². The first-order valence-corrected chi connectivity index (χ1v) is 15.2. The zero-order chi connectivity index (χ0) is 29.9. The molecule has 0 bridgehead atoms. The summed E-state index contributed by atoms with van der Waals surface area (Å²) in [6.07, 6.45) is 1.48. The van der Waals surface area contributed by atoms with Gasteiger partial charge in [0, 0.05) is 17.7 Å². The van der Waals surface area contributed by atoms with E-state index in [1.54, 1.807) is 13.0 Å². The maximum atomic E-state index is 14.3. The molecule has 0 radical (unpaired) electrons. The minimum absolute atomic E-state index is 0.0199. The number of nitriles is 1. The van der Waals surface area contributed by atoms with Crippen LogP contribution in [-0.2, 0) is 30.8 Å². The Kier molecular flexibility index (Phi) is 8.63. The van der Waals surface area contributed by atoms with Gasteiger partial charge in [0.15, 0.2) is 9.84 Å². The summed E-state index contributed by atoms with van der Waals surface area (Å²) in [6, 6.07) is 16.8. The van der Waals surface area contributed by atoms with Crippen molar-refractivity contribution in [3.8, 4) is 11.8 Å². The number of sulfone groups is 1.